The predicted octanol–water partition coefficient (Wildman–Crippen LogP) is 3.94. The quantitative estimate of drug-likeness (QED) is 0.844. The minimum atomic E-state index is -0.229. The van der Waals surface area contributed by atoms with Gasteiger partial charge in [-0.05, 0) is 24.5 Å². The van der Waals surface area contributed by atoms with E-state index >= 15 is 0 Å². The molecular formula is C20H25FN2O2. The highest BCUT2D eigenvalue weighted by Gasteiger charge is 2.37. The lowest BCUT2D eigenvalue weighted by Gasteiger charge is -2.38. The second kappa shape index (κ2) is 6.98. The maximum Gasteiger partial charge on any atom is 0.225 e. The Labute approximate surface area is 148 Å². The van der Waals surface area contributed by atoms with Crippen molar-refractivity contribution in [2.45, 2.75) is 45.4 Å². The van der Waals surface area contributed by atoms with Crippen molar-refractivity contribution in [2.24, 2.45) is 5.92 Å². The molecule has 1 amide bonds. The van der Waals surface area contributed by atoms with Crippen LogP contribution in [0.2, 0.25) is 0 Å². The zero-order valence-electron chi connectivity index (χ0n) is 15.1. The third-order valence-electron chi connectivity index (χ3n) is 5.06. The van der Waals surface area contributed by atoms with Crippen molar-refractivity contribution in [1.29, 1.82) is 0 Å². The summed E-state index contributed by atoms with van der Waals surface area (Å²) < 4.78 is 19.7. The number of halogens is 1. The molecule has 0 spiro atoms. The van der Waals surface area contributed by atoms with Gasteiger partial charge in [-0.1, -0.05) is 39.0 Å². The summed E-state index contributed by atoms with van der Waals surface area (Å²) in [7, 11) is 0. The van der Waals surface area contributed by atoms with Crippen LogP contribution in [0.25, 0.3) is 0 Å². The van der Waals surface area contributed by atoms with Crippen LogP contribution in [0.15, 0.2) is 34.9 Å². The van der Waals surface area contributed by atoms with Gasteiger partial charge in [0, 0.05) is 30.8 Å². The molecule has 2 heterocycles. The molecule has 1 fully saturated rings. The van der Waals surface area contributed by atoms with Gasteiger partial charge in [-0.2, -0.15) is 0 Å². The Bertz CT molecular complexity index is 746. The van der Waals surface area contributed by atoms with Crippen LogP contribution in [0.4, 0.5) is 4.39 Å². The average molecular weight is 344 g/mol. The van der Waals surface area contributed by atoms with Crippen LogP contribution in [0.5, 0.6) is 0 Å². The van der Waals surface area contributed by atoms with Gasteiger partial charge in [-0.3, -0.25) is 4.79 Å². The van der Waals surface area contributed by atoms with E-state index in [9.17, 15) is 9.18 Å². The second-order valence-corrected chi connectivity index (χ2v) is 7.44. The van der Waals surface area contributed by atoms with E-state index in [-0.39, 0.29) is 23.1 Å². The van der Waals surface area contributed by atoms with Gasteiger partial charge in [0.1, 0.15) is 11.6 Å². The van der Waals surface area contributed by atoms with E-state index in [1.165, 1.54) is 6.07 Å². The lowest BCUT2D eigenvalue weighted by Crippen LogP contribution is -2.45. The van der Waals surface area contributed by atoms with Crippen LogP contribution in [-0.4, -0.2) is 28.9 Å². The van der Waals surface area contributed by atoms with Crippen LogP contribution in [0.1, 0.15) is 50.8 Å². The third kappa shape index (κ3) is 3.75. The molecule has 0 aliphatic carbocycles. The van der Waals surface area contributed by atoms with Crippen molar-refractivity contribution in [1.82, 2.24) is 9.88 Å². The van der Waals surface area contributed by atoms with E-state index in [0.717, 1.165) is 25.9 Å². The summed E-state index contributed by atoms with van der Waals surface area (Å²) >= 11 is 0. The first kappa shape index (κ1) is 17.6. The molecule has 2 aromatic rings. The molecule has 0 atom stereocenters. The van der Waals surface area contributed by atoms with Crippen LogP contribution in [0.3, 0.4) is 0 Å². The lowest BCUT2D eigenvalue weighted by molar-refractivity contribution is -0.136. The number of benzene rings is 1. The van der Waals surface area contributed by atoms with Gasteiger partial charge in [0.15, 0.2) is 5.89 Å². The molecule has 1 aromatic heterocycles. The standard InChI is InChI=1S/C20H25FN2O2/c1-14(2)18(24)23-10-8-20(3,9-11-23)19-22-13-16(25-19)12-15-6-4-5-7-17(15)21/h4-7,13-14H,8-12H2,1-3H3. The number of carbonyl (C=O) groups is 1. The number of likely N-dealkylation sites (tertiary alicyclic amines) is 1. The monoisotopic (exact) mass is 344 g/mol. The summed E-state index contributed by atoms with van der Waals surface area (Å²) in [5.41, 5.74) is 0.425. The molecule has 1 saturated heterocycles. The molecule has 0 bridgehead atoms. The largest absolute Gasteiger partial charge is 0.445 e. The Morgan fingerprint density at radius 3 is 2.64 bits per heavy atom. The number of piperidine rings is 1. The van der Waals surface area contributed by atoms with Crippen LogP contribution in [-0.2, 0) is 16.6 Å². The highest BCUT2D eigenvalue weighted by atomic mass is 19.1. The Morgan fingerprint density at radius 1 is 1.32 bits per heavy atom. The third-order valence-corrected chi connectivity index (χ3v) is 5.06. The lowest BCUT2D eigenvalue weighted by atomic mass is 9.80. The number of hydrogen-bond acceptors (Lipinski definition) is 3. The molecule has 3 rings (SSSR count). The minimum Gasteiger partial charge on any atom is -0.445 e. The highest BCUT2D eigenvalue weighted by molar-refractivity contribution is 5.78. The summed E-state index contributed by atoms with van der Waals surface area (Å²) in [6.45, 7) is 7.43. The number of aromatic nitrogens is 1. The van der Waals surface area contributed by atoms with Gasteiger partial charge in [-0.25, -0.2) is 9.37 Å². The van der Waals surface area contributed by atoms with Crippen molar-refractivity contribution < 1.29 is 13.6 Å². The summed E-state index contributed by atoms with van der Waals surface area (Å²) in [5, 5.41) is 0. The second-order valence-electron chi connectivity index (χ2n) is 7.44. The van der Waals surface area contributed by atoms with E-state index < -0.39 is 0 Å². The van der Waals surface area contributed by atoms with Gasteiger partial charge in [0.2, 0.25) is 5.91 Å². The van der Waals surface area contributed by atoms with Crippen molar-refractivity contribution in [3.8, 4) is 0 Å². The van der Waals surface area contributed by atoms with Gasteiger partial charge < -0.3 is 9.32 Å². The molecule has 134 valence electrons. The average Bonchev–Trinajstić information content (AvgIpc) is 3.06. The van der Waals surface area contributed by atoms with Crippen molar-refractivity contribution in [3.63, 3.8) is 0 Å². The minimum absolute atomic E-state index is 0.0264. The van der Waals surface area contributed by atoms with E-state index in [1.54, 1.807) is 18.3 Å². The van der Waals surface area contributed by atoms with Crippen molar-refractivity contribution >= 4 is 5.91 Å². The van der Waals surface area contributed by atoms with E-state index in [2.05, 4.69) is 11.9 Å². The number of hydrogen-bond donors (Lipinski definition) is 0. The van der Waals surface area contributed by atoms with Gasteiger partial charge in [0.05, 0.1) is 6.20 Å². The molecule has 0 unspecified atom stereocenters. The Morgan fingerprint density at radius 2 is 2.00 bits per heavy atom. The van der Waals surface area contributed by atoms with E-state index in [1.807, 2.05) is 24.8 Å². The van der Waals surface area contributed by atoms with E-state index in [4.69, 9.17) is 4.42 Å². The summed E-state index contributed by atoms with van der Waals surface area (Å²) in [6.07, 6.45) is 3.74. The smallest absolute Gasteiger partial charge is 0.225 e. The molecule has 1 aromatic carbocycles. The number of rotatable bonds is 4. The zero-order valence-corrected chi connectivity index (χ0v) is 15.1. The van der Waals surface area contributed by atoms with Crippen LogP contribution < -0.4 is 0 Å². The van der Waals surface area contributed by atoms with Gasteiger partial charge >= 0.3 is 0 Å². The molecule has 0 N–H and O–H groups in total. The summed E-state index contributed by atoms with van der Waals surface area (Å²) in [6, 6.07) is 6.71. The fourth-order valence-electron chi connectivity index (χ4n) is 3.30. The number of nitrogens with zero attached hydrogens (tertiary/aromatic N) is 2. The van der Waals surface area contributed by atoms with Crippen LogP contribution >= 0.6 is 0 Å². The SMILES string of the molecule is CC(C)C(=O)N1CCC(C)(c2ncc(Cc3ccccc3F)o2)CC1. The Balaban J connectivity index is 1.68. The first-order valence-corrected chi connectivity index (χ1v) is 8.86. The highest BCUT2D eigenvalue weighted by Crippen LogP contribution is 2.35. The normalized spacial score (nSPS) is 17.1. The van der Waals surface area contributed by atoms with Crippen LogP contribution in [0, 0.1) is 11.7 Å². The molecule has 0 radical (unpaired) electrons. The van der Waals surface area contributed by atoms with Crippen molar-refractivity contribution in [2.75, 3.05) is 13.1 Å². The number of oxazole rings is 1. The predicted molar refractivity (Wildman–Crippen MR) is 93.7 cm³/mol. The summed E-state index contributed by atoms with van der Waals surface area (Å²) in [5.74, 6) is 1.36. The molecule has 4 nitrogen and oxygen atoms in total. The molecule has 5 heteroatoms. The first-order valence-electron chi connectivity index (χ1n) is 8.86. The van der Waals surface area contributed by atoms with Gasteiger partial charge in [-0.15, -0.1) is 0 Å². The Hall–Kier alpha value is -2.17. The fourth-order valence-corrected chi connectivity index (χ4v) is 3.30. The molecule has 1 aliphatic rings. The van der Waals surface area contributed by atoms with E-state index in [0.29, 0.717) is 23.6 Å². The van der Waals surface area contributed by atoms with Crippen molar-refractivity contribution in [3.05, 3.63) is 53.5 Å². The molecular weight excluding hydrogens is 319 g/mol. The molecule has 0 saturated carbocycles. The number of carbonyl (C=O) groups excluding carboxylic acids is 1. The fraction of sp³-hybridized carbons (Fsp3) is 0.500. The Kier molecular flexibility index (Phi) is 4.93. The zero-order chi connectivity index (χ0) is 18.0. The maximum atomic E-state index is 13.8. The first-order chi connectivity index (χ1) is 11.9. The van der Waals surface area contributed by atoms with Gasteiger partial charge in [0.25, 0.3) is 0 Å². The topological polar surface area (TPSA) is 46.3 Å². The molecule has 25 heavy (non-hydrogen) atoms. The number of amides is 1. The molecule has 1 aliphatic heterocycles. The maximum absolute atomic E-state index is 13.8. The summed E-state index contributed by atoms with van der Waals surface area (Å²) in [4.78, 5) is 18.5.